The van der Waals surface area contributed by atoms with Crippen molar-refractivity contribution in [3.63, 3.8) is 0 Å². The van der Waals surface area contributed by atoms with Gasteiger partial charge in [-0.25, -0.2) is 0 Å². The fourth-order valence-electron chi connectivity index (χ4n) is 2.18. The molecule has 1 amide bonds. The number of hydrogen-bond donors (Lipinski definition) is 2. The molecule has 128 valence electrons. The topological polar surface area (TPSA) is 58.6 Å². The molecule has 2 aromatic rings. The number of benzene rings is 2. The van der Waals surface area contributed by atoms with Gasteiger partial charge < -0.3 is 15.2 Å². The van der Waals surface area contributed by atoms with Crippen molar-refractivity contribution in [3.8, 4) is 5.75 Å². The Morgan fingerprint density at radius 3 is 2.58 bits per heavy atom. The lowest BCUT2D eigenvalue weighted by Crippen LogP contribution is -2.29. The van der Waals surface area contributed by atoms with Crippen LogP contribution in [0.5, 0.6) is 5.75 Å². The van der Waals surface area contributed by atoms with Crippen molar-refractivity contribution >= 4 is 5.91 Å². The molecule has 0 heterocycles. The van der Waals surface area contributed by atoms with Crippen LogP contribution in [0.25, 0.3) is 0 Å². The van der Waals surface area contributed by atoms with Gasteiger partial charge in [-0.2, -0.15) is 8.78 Å². The zero-order chi connectivity index (χ0) is 17.5. The number of hydrogen-bond acceptors (Lipinski definition) is 3. The monoisotopic (exact) mass is 335 g/mol. The summed E-state index contributed by atoms with van der Waals surface area (Å²) in [4.78, 5) is 11.9. The van der Waals surface area contributed by atoms with Crippen LogP contribution in [0.4, 0.5) is 8.78 Å². The van der Waals surface area contributed by atoms with Crippen molar-refractivity contribution in [2.75, 3.05) is 6.54 Å². The molecule has 0 bridgehead atoms. The summed E-state index contributed by atoms with van der Waals surface area (Å²) in [6.07, 6.45) is -0.796. The van der Waals surface area contributed by atoms with Gasteiger partial charge in [0.1, 0.15) is 5.75 Å². The number of rotatable bonds is 7. The van der Waals surface area contributed by atoms with Crippen molar-refractivity contribution in [3.05, 3.63) is 65.2 Å². The minimum atomic E-state index is -2.92. The van der Waals surface area contributed by atoms with E-state index in [0.717, 1.165) is 11.1 Å². The summed E-state index contributed by atoms with van der Waals surface area (Å²) in [6.45, 7) is -0.971. The number of amides is 1. The van der Waals surface area contributed by atoms with E-state index in [1.165, 1.54) is 18.2 Å². The standard InChI is InChI=1S/C18H19F2NO3/c1-12-5-7-13(8-6-12)9-17(23)21-11-16(22)14-3-2-4-15(10-14)24-18(19)20/h2-8,10,16,18,22H,9,11H2,1H3,(H,21,23). The van der Waals surface area contributed by atoms with E-state index in [0.29, 0.717) is 5.56 Å². The lowest BCUT2D eigenvalue weighted by atomic mass is 10.1. The Balaban J connectivity index is 1.86. The Hall–Kier alpha value is -2.47. The molecule has 24 heavy (non-hydrogen) atoms. The fraction of sp³-hybridized carbons (Fsp3) is 0.278. The molecule has 0 aliphatic carbocycles. The zero-order valence-electron chi connectivity index (χ0n) is 13.2. The van der Waals surface area contributed by atoms with Gasteiger partial charge in [0.25, 0.3) is 0 Å². The summed E-state index contributed by atoms with van der Waals surface area (Å²) >= 11 is 0. The molecule has 0 aliphatic heterocycles. The van der Waals surface area contributed by atoms with Crippen molar-refractivity contribution in [1.82, 2.24) is 5.32 Å². The first-order valence-electron chi connectivity index (χ1n) is 7.49. The molecule has 1 unspecified atom stereocenters. The molecule has 1 atom stereocenters. The number of aliphatic hydroxyl groups is 1. The molecular formula is C18H19F2NO3. The van der Waals surface area contributed by atoms with Crippen LogP contribution in [0, 0.1) is 6.92 Å². The molecule has 4 nitrogen and oxygen atoms in total. The third-order valence-corrected chi connectivity index (χ3v) is 3.45. The van der Waals surface area contributed by atoms with E-state index in [4.69, 9.17) is 0 Å². The SMILES string of the molecule is Cc1ccc(CC(=O)NCC(O)c2cccc(OC(F)F)c2)cc1. The van der Waals surface area contributed by atoms with Crippen LogP contribution in [0.3, 0.4) is 0 Å². The van der Waals surface area contributed by atoms with E-state index in [2.05, 4.69) is 10.1 Å². The highest BCUT2D eigenvalue weighted by atomic mass is 19.3. The Bertz CT molecular complexity index is 674. The van der Waals surface area contributed by atoms with Crippen LogP contribution in [-0.4, -0.2) is 24.2 Å². The highest BCUT2D eigenvalue weighted by Gasteiger charge is 2.12. The van der Waals surface area contributed by atoms with Crippen LogP contribution in [-0.2, 0) is 11.2 Å². The van der Waals surface area contributed by atoms with Crippen LogP contribution in [0.1, 0.15) is 22.8 Å². The van der Waals surface area contributed by atoms with Gasteiger partial charge in [0.05, 0.1) is 12.5 Å². The van der Waals surface area contributed by atoms with Gasteiger partial charge in [0.15, 0.2) is 0 Å². The lowest BCUT2D eigenvalue weighted by Gasteiger charge is -2.14. The maximum absolute atomic E-state index is 12.2. The molecule has 0 saturated heterocycles. The van der Waals surface area contributed by atoms with E-state index >= 15 is 0 Å². The number of carbonyl (C=O) groups is 1. The van der Waals surface area contributed by atoms with Crippen LogP contribution < -0.4 is 10.1 Å². The van der Waals surface area contributed by atoms with Gasteiger partial charge in [-0.3, -0.25) is 4.79 Å². The minimum Gasteiger partial charge on any atom is -0.435 e. The Morgan fingerprint density at radius 2 is 1.92 bits per heavy atom. The predicted molar refractivity (Wildman–Crippen MR) is 85.9 cm³/mol. The lowest BCUT2D eigenvalue weighted by molar-refractivity contribution is -0.120. The smallest absolute Gasteiger partial charge is 0.387 e. The molecule has 0 spiro atoms. The first-order chi connectivity index (χ1) is 11.4. The molecule has 0 saturated carbocycles. The summed E-state index contributed by atoms with van der Waals surface area (Å²) < 4.78 is 28.7. The number of carbonyl (C=O) groups excluding carboxylic acids is 1. The number of aryl methyl sites for hydroxylation is 1. The molecule has 0 aliphatic rings. The molecule has 0 fully saturated rings. The van der Waals surface area contributed by atoms with Crippen molar-refractivity contribution in [2.24, 2.45) is 0 Å². The minimum absolute atomic E-state index is 0.0111. The van der Waals surface area contributed by atoms with Gasteiger partial charge >= 0.3 is 6.61 Å². The fourth-order valence-corrected chi connectivity index (χ4v) is 2.18. The second-order valence-electron chi connectivity index (χ2n) is 5.43. The maximum atomic E-state index is 12.2. The molecule has 0 aromatic heterocycles. The Labute approximate surface area is 139 Å². The van der Waals surface area contributed by atoms with E-state index in [-0.39, 0.29) is 24.6 Å². The molecule has 6 heteroatoms. The average molecular weight is 335 g/mol. The van der Waals surface area contributed by atoms with E-state index in [1.54, 1.807) is 6.07 Å². The quantitative estimate of drug-likeness (QED) is 0.818. The maximum Gasteiger partial charge on any atom is 0.387 e. The van der Waals surface area contributed by atoms with E-state index in [1.807, 2.05) is 31.2 Å². The van der Waals surface area contributed by atoms with Gasteiger partial charge in [0, 0.05) is 6.54 Å². The third kappa shape index (κ3) is 5.62. The first-order valence-corrected chi connectivity index (χ1v) is 7.49. The van der Waals surface area contributed by atoms with Crippen LogP contribution in [0.15, 0.2) is 48.5 Å². The average Bonchev–Trinajstić information content (AvgIpc) is 2.54. The van der Waals surface area contributed by atoms with Crippen molar-refractivity contribution < 1.29 is 23.4 Å². The summed E-state index contributed by atoms with van der Waals surface area (Å²) in [5.41, 5.74) is 2.38. The molecule has 2 N–H and O–H groups in total. The molecular weight excluding hydrogens is 316 g/mol. The predicted octanol–water partition coefficient (Wildman–Crippen LogP) is 2.99. The van der Waals surface area contributed by atoms with Crippen molar-refractivity contribution in [1.29, 1.82) is 0 Å². The molecule has 2 aromatic carbocycles. The highest BCUT2D eigenvalue weighted by molar-refractivity contribution is 5.78. The normalized spacial score (nSPS) is 12.0. The summed E-state index contributed by atoms with van der Waals surface area (Å²) in [5, 5.41) is 12.7. The summed E-state index contributed by atoms with van der Waals surface area (Å²) in [5.74, 6) is -0.259. The summed E-state index contributed by atoms with van der Waals surface area (Å²) in [7, 11) is 0. The largest absolute Gasteiger partial charge is 0.435 e. The highest BCUT2D eigenvalue weighted by Crippen LogP contribution is 2.20. The van der Waals surface area contributed by atoms with Crippen LogP contribution in [0.2, 0.25) is 0 Å². The van der Waals surface area contributed by atoms with Gasteiger partial charge in [0.2, 0.25) is 5.91 Å². The summed E-state index contributed by atoms with van der Waals surface area (Å²) in [6, 6.07) is 13.4. The first kappa shape index (κ1) is 17.9. The van der Waals surface area contributed by atoms with Gasteiger partial charge in [-0.15, -0.1) is 0 Å². The van der Waals surface area contributed by atoms with E-state index < -0.39 is 12.7 Å². The van der Waals surface area contributed by atoms with Crippen molar-refractivity contribution in [2.45, 2.75) is 26.1 Å². The Morgan fingerprint density at radius 1 is 1.21 bits per heavy atom. The number of nitrogens with one attached hydrogen (secondary N) is 1. The number of ether oxygens (including phenoxy) is 1. The number of halogens is 2. The van der Waals surface area contributed by atoms with Gasteiger partial charge in [-0.1, -0.05) is 42.0 Å². The van der Waals surface area contributed by atoms with E-state index in [9.17, 15) is 18.7 Å². The number of alkyl halides is 2. The molecule has 2 rings (SSSR count). The van der Waals surface area contributed by atoms with Gasteiger partial charge in [-0.05, 0) is 30.2 Å². The third-order valence-electron chi connectivity index (χ3n) is 3.45. The Kier molecular flexibility index (Phi) is 6.26. The zero-order valence-corrected chi connectivity index (χ0v) is 13.2. The van der Waals surface area contributed by atoms with Crippen LogP contribution >= 0.6 is 0 Å². The molecule has 0 radical (unpaired) electrons. The second kappa shape index (κ2) is 8.40. The second-order valence-corrected chi connectivity index (χ2v) is 5.43. The number of aliphatic hydroxyl groups excluding tert-OH is 1.